The van der Waals surface area contributed by atoms with Crippen LogP contribution in [0.2, 0.25) is 0 Å². The Kier molecular flexibility index (Phi) is 2.82. The van der Waals surface area contributed by atoms with Crippen LogP contribution in [-0.4, -0.2) is 45.6 Å². The molecule has 1 aromatic carbocycles. The normalized spacial score (nSPS) is 25.4. The van der Waals surface area contributed by atoms with E-state index in [4.69, 9.17) is 0 Å². The van der Waals surface area contributed by atoms with Gasteiger partial charge in [0.1, 0.15) is 5.69 Å². The van der Waals surface area contributed by atoms with Crippen molar-refractivity contribution < 1.29 is 0 Å². The van der Waals surface area contributed by atoms with Crippen LogP contribution in [0.15, 0.2) is 30.3 Å². The van der Waals surface area contributed by atoms with Gasteiger partial charge in [0.15, 0.2) is 0 Å². The molecule has 0 saturated carbocycles. The van der Waals surface area contributed by atoms with Gasteiger partial charge in [-0.3, -0.25) is 4.90 Å². The van der Waals surface area contributed by atoms with E-state index in [0.717, 1.165) is 37.4 Å². The molecule has 1 N–H and O–H groups in total. The van der Waals surface area contributed by atoms with Gasteiger partial charge in [0, 0.05) is 31.2 Å². The highest BCUT2D eigenvalue weighted by Gasteiger charge is 2.39. The molecule has 4 rings (SSSR count). The van der Waals surface area contributed by atoms with E-state index >= 15 is 0 Å². The Balaban J connectivity index is 1.80. The van der Waals surface area contributed by atoms with Crippen LogP contribution in [-0.2, 0) is 6.54 Å². The second-order valence-corrected chi connectivity index (χ2v) is 5.55. The average Bonchev–Trinajstić information content (AvgIpc) is 3.13. The minimum absolute atomic E-state index is 0.420. The Hall–Kier alpha value is -1.72. The SMILES string of the molecule is CCN1Cc2c(-c3ccccc3)nnn2[C@@H]2CNC[C@H]21. The molecule has 2 aliphatic rings. The topological polar surface area (TPSA) is 46.0 Å². The van der Waals surface area contributed by atoms with E-state index in [1.165, 1.54) is 5.69 Å². The molecule has 20 heavy (non-hydrogen) atoms. The third-order valence-electron chi connectivity index (χ3n) is 4.53. The molecule has 0 amide bonds. The highest BCUT2D eigenvalue weighted by atomic mass is 15.5. The maximum Gasteiger partial charge on any atom is 0.117 e. The molecule has 0 bridgehead atoms. The third-order valence-corrected chi connectivity index (χ3v) is 4.53. The van der Waals surface area contributed by atoms with Crippen molar-refractivity contribution in [2.45, 2.75) is 25.6 Å². The number of fused-ring (bicyclic) bond motifs is 3. The molecule has 3 heterocycles. The number of aromatic nitrogens is 3. The minimum atomic E-state index is 0.420. The van der Waals surface area contributed by atoms with Crippen LogP contribution in [0.4, 0.5) is 0 Å². The van der Waals surface area contributed by atoms with Crippen LogP contribution < -0.4 is 5.32 Å². The van der Waals surface area contributed by atoms with Crippen molar-refractivity contribution in [1.29, 1.82) is 0 Å². The van der Waals surface area contributed by atoms with Crippen LogP contribution in [0.25, 0.3) is 11.3 Å². The van der Waals surface area contributed by atoms with Crippen molar-refractivity contribution in [3.8, 4) is 11.3 Å². The summed E-state index contributed by atoms with van der Waals surface area (Å²) >= 11 is 0. The Morgan fingerprint density at radius 1 is 1.20 bits per heavy atom. The van der Waals surface area contributed by atoms with Gasteiger partial charge in [0.2, 0.25) is 0 Å². The monoisotopic (exact) mass is 269 g/mol. The Morgan fingerprint density at radius 3 is 2.80 bits per heavy atom. The fourth-order valence-electron chi connectivity index (χ4n) is 3.48. The smallest absolute Gasteiger partial charge is 0.117 e. The standard InChI is InChI=1S/C15H19N5/c1-2-19-10-14-15(11-6-4-3-5-7-11)17-18-20(14)13-9-16-8-12(13)19/h3-7,12-13,16H,2,8-10H2,1H3/t12-,13-/m1/s1. The van der Waals surface area contributed by atoms with Crippen LogP contribution in [0.1, 0.15) is 18.7 Å². The second-order valence-electron chi connectivity index (χ2n) is 5.55. The summed E-state index contributed by atoms with van der Waals surface area (Å²) in [4.78, 5) is 2.54. The molecule has 0 unspecified atom stereocenters. The van der Waals surface area contributed by atoms with E-state index in [9.17, 15) is 0 Å². The quantitative estimate of drug-likeness (QED) is 0.892. The highest BCUT2D eigenvalue weighted by molar-refractivity contribution is 5.61. The predicted octanol–water partition coefficient (Wildman–Crippen LogP) is 1.29. The first-order valence-electron chi connectivity index (χ1n) is 7.32. The molecular weight excluding hydrogens is 250 g/mol. The summed E-state index contributed by atoms with van der Waals surface area (Å²) in [6.07, 6.45) is 0. The first kappa shape index (κ1) is 12.1. The number of likely N-dealkylation sites (N-methyl/N-ethyl adjacent to an activating group) is 1. The summed E-state index contributed by atoms with van der Waals surface area (Å²) in [7, 11) is 0. The summed E-state index contributed by atoms with van der Waals surface area (Å²) in [6, 6.07) is 11.3. The maximum absolute atomic E-state index is 4.46. The van der Waals surface area contributed by atoms with E-state index in [-0.39, 0.29) is 0 Å². The molecule has 1 saturated heterocycles. The lowest BCUT2D eigenvalue weighted by molar-refractivity contribution is 0.131. The molecule has 0 radical (unpaired) electrons. The molecule has 2 aromatic rings. The van der Waals surface area contributed by atoms with Gasteiger partial charge < -0.3 is 5.32 Å². The fourth-order valence-corrected chi connectivity index (χ4v) is 3.48. The van der Waals surface area contributed by atoms with Crippen LogP contribution in [0, 0.1) is 0 Å². The lowest BCUT2D eigenvalue weighted by Gasteiger charge is -2.36. The van der Waals surface area contributed by atoms with Gasteiger partial charge in [0.25, 0.3) is 0 Å². The molecule has 2 aliphatic heterocycles. The van der Waals surface area contributed by atoms with E-state index in [2.05, 4.69) is 56.4 Å². The van der Waals surface area contributed by atoms with Crippen LogP contribution >= 0.6 is 0 Å². The van der Waals surface area contributed by atoms with E-state index in [1.54, 1.807) is 0 Å². The number of nitrogens with one attached hydrogen (secondary N) is 1. The zero-order valence-electron chi connectivity index (χ0n) is 11.7. The number of benzene rings is 1. The summed E-state index contributed by atoms with van der Waals surface area (Å²) in [5.41, 5.74) is 3.45. The maximum atomic E-state index is 4.46. The van der Waals surface area contributed by atoms with Gasteiger partial charge in [-0.2, -0.15) is 0 Å². The molecule has 1 fully saturated rings. The van der Waals surface area contributed by atoms with E-state index < -0.39 is 0 Å². The van der Waals surface area contributed by atoms with Crippen LogP contribution in [0.3, 0.4) is 0 Å². The highest BCUT2D eigenvalue weighted by Crippen LogP contribution is 2.33. The first-order valence-corrected chi connectivity index (χ1v) is 7.32. The zero-order chi connectivity index (χ0) is 13.5. The summed E-state index contributed by atoms with van der Waals surface area (Å²) in [5, 5.41) is 12.4. The molecule has 0 aliphatic carbocycles. The van der Waals surface area contributed by atoms with Crippen molar-refractivity contribution in [3.05, 3.63) is 36.0 Å². The second kappa shape index (κ2) is 4.68. The van der Waals surface area contributed by atoms with Crippen LogP contribution in [0.5, 0.6) is 0 Å². The lowest BCUT2D eigenvalue weighted by Crippen LogP contribution is -2.46. The molecular formula is C15H19N5. The number of hydrogen-bond donors (Lipinski definition) is 1. The van der Waals surface area contributed by atoms with E-state index in [0.29, 0.717) is 12.1 Å². The molecule has 0 spiro atoms. The molecule has 5 nitrogen and oxygen atoms in total. The largest absolute Gasteiger partial charge is 0.313 e. The number of nitrogens with zero attached hydrogens (tertiary/aromatic N) is 4. The van der Waals surface area contributed by atoms with Gasteiger partial charge >= 0.3 is 0 Å². The van der Waals surface area contributed by atoms with Crippen molar-refractivity contribution in [1.82, 2.24) is 25.2 Å². The Morgan fingerprint density at radius 2 is 2.00 bits per heavy atom. The van der Waals surface area contributed by atoms with Crippen molar-refractivity contribution in [3.63, 3.8) is 0 Å². The number of rotatable bonds is 2. The number of hydrogen-bond acceptors (Lipinski definition) is 4. The Bertz CT molecular complexity index is 606. The van der Waals surface area contributed by atoms with Crippen molar-refractivity contribution in [2.75, 3.05) is 19.6 Å². The van der Waals surface area contributed by atoms with Gasteiger partial charge in [-0.25, -0.2) is 4.68 Å². The molecule has 1 aromatic heterocycles. The van der Waals surface area contributed by atoms with Crippen molar-refractivity contribution in [2.24, 2.45) is 0 Å². The van der Waals surface area contributed by atoms with Crippen molar-refractivity contribution >= 4 is 0 Å². The average molecular weight is 269 g/mol. The molecule has 2 atom stereocenters. The van der Waals surface area contributed by atoms with Gasteiger partial charge in [0.05, 0.1) is 11.7 Å². The third kappa shape index (κ3) is 1.70. The summed E-state index contributed by atoms with van der Waals surface area (Å²) < 4.78 is 2.15. The predicted molar refractivity (Wildman–Crippen MR) is 77.2 cm³/mol. The van der Waals surface area contributed by atoms with E-state index in [1.807, 2.05) is 6.07 Å². The summed E-state index contributed by atoms with van der Waals surface area (Å²) in [6.45, 7) is 6.29. The van der Waals surface area contributed by atoms with Gasteiger partial charge in [-0.15, -0.1) is 5.10 Å². The molecule has 5 heteroatoms. The Labute approximate surface area is 118 Å². The van der Waals surface area contributed by atoms with Gasteiger partial charge in [-0.1, -0.05) is 42.5 Å². The molecule has 104 valence electrons. The van der Waals surface area contributed by atoms with Gasteiger partial charge in [-0.05, 0) is 6.54 Å². The fraction of sp³-hybridized carbons (Fsp3) is 0.467. The lowest BCUT2D eigenvalue weighted by atomic mass is 10.0. The first-order chi connectivity index (χ1) is 9.88. The summed E-state index contributed by atoms with van der Waals surface area (Å²) in [5.74, 6) is 0. The minimum Gasteiger partial charge on any atom is -0.313 e. The zero-order valence-corrected chi connectivity index (χ0v) is 11.7.